The Labute approximate surface area is 267 Å². The highest BCUT2D eigenvalue weighted by Crippen LogP contribution is 2.48. The first-order chi connectivity index (χ1) is 22.9. The number of nitrogens with zero attached hydrogens (tertiary/aromatic N) is 4. The molecule has 1 amide bonds. The van der Waals surface area contributed by atoms with Crippen molar-refractivity contribution in [2.75, 3.05) is 19.8 Å². The Balaban J connectivity index is 1.29. The van der Waals surface area contributed by atoms with Gasteiger partial charge in [-0.25, -0.2) is 9.18 Å². The van der Waals surface area contributed by atoms with Gasteiger partial charge in [0.15, 0.2) is 11.3 Å². The van der Waals surface area contributed by atoms with Gasteiger partial charge in [-0.1, -0.05) is 12.1 Å². The number of aromatic amines is 1. The minimum absolute atomic E-state index is 0.0314. The molecule has 0 bridgehead atoms. The van der Waals surface area contributed by atoms with Crippen LogP contribution >= 0.6 is 0 Å². The molecule has 0 aliphatic carbocycles. The molecule has 0 spiro atoms. The number of fused-ring (bicyclic) bond motifs is 4. The van der Waals surface area contributed by atoms with Crippen LogP contribution in [0.25, 0.3) is 33.6 Å². The van der Waals surface area contributed by atoms with E-state index in [0.717, 1.165) is 56.7 Å². The zero-order valence-electron chi connectivity index (χ0n) is 25.4. The van der Waals surface area contributed by atoms with Crippen LogP contribution in [0.4, 0.5) is 4.39 Å². The molecule has 1 N–H and O–H groups in total. The second-order valence-electron chi connectivity index (χ2n) is 12.5. The standard InChI is InChI=1S/C35H30FN5O6/c36-23-14-20(3-5-22(23)17-37)18-41-25-8-6-21(15-27(25)46-35(41)44)30-31(28-16-29(42)39-47-28)24(7-4-19-9-12-45-13-10-19)38-33-26-2-1-11-40(26)34(43)32(30)33/h3,5-6,8,14-16,19,26H,1-2,4,7,9-13,18H2,(H,39,42). The molecule has 5 aromatic rings. The van der Waals surface area contributed by atoms with Crippen LogP contribution in [0.3, 0.4) is 0 Å². The number of aryl methyl sites for hydroxylation is 1. The normalized spacial score (nSPS) is 17.7. The zero-order valence-corrected chi connectivity index (χ0v) is 25.4. The summed E-state index contributed by atoms with van der Waals surface area (Å²) >= 11 is 0. The summed E-state index contributed by atoms with van der Waals surface area (Å²) in [6.07, 6.45) is 5.12. The molecule has 8 rings (SSSR count). The molecule has 6 heterocycles. The maximum atomic E-state index is 14.3. The number of ether oxygens (including phenoxy) is 1. The lowest BCUT2D eigenvalue weighted by Crippen LogP contribution is -2.23. The maximum absolute atomic E-state index is 14.3. The first-order valence-corrected chi connectivity index (χ1v) is 15.9. The van der Waals surface area contributed by atoms with E-state index < -0.39 is 17.1 Å². The van der Waals surface area contributed by atoms with E-state index in [0.29, 0.717) is 52.2 Å². The van der Waals surface area contributed by atoms with Crippen molar-refractivity contribution >= 4 is 17.0 Å². The fourth-order valence-electron chi connectivity index (χ4n) is 7.37. The molecule has 1 unspecified atom stereocenters. The third kappa shape index (κ3) is 4.98. The molecule has 47 heavy (non-hydrogen) atoms. The van der Waals surface area contributed by atoms with E-state index in [1.165, 1.54) is 22.8 Å². The van der Waals surface area contributed by atoms with Crippen LogP contribution < -0.4 is 11.3 Å². The Kier molecular flexibility index (Phi) is 7.14. The summed E-state index contributed by atoms with van der Waals surface area (Å²) < 4.78 is 32.7. The SMILES string of the molecule is N#Cc1ccc(Cn2c(=O)oc3cc(-c4c5c(nc(CCC6CCOCC6)c4-c4cc(=O)[nH]o4)C4CCCN4C5=O)ccc32)cc1F. The molecule has 2 aromatic carbocycles. The van der Waals surface area contributed by atoms with Gasteiger partial charge in [-0.3, -0.25) is 19.1 Å². The summed E-state index contributed by atoms with van der Waals surface area (Å²) in [6.45, 7) is 2.12. The summed E-state index contributed by atoms with van der Waals surface area (Å²) in [5.74, 6) is -0.673. The van der Waals surface area contributed by atoms with Gasteiger partial charge in [0.05, 0.1) is 52.2 Å². The van der Waals surface area contributed by atoms with Gasteiger partial charge in [-0.15, -0.1) is 0 Å². The Morgan fingerprint density at radius 2 is 1.87 bits per heavy atom. The monoisotopic (exact) mass is 635 g/mol. The highest BCUT2D eigenvalue weighted by Gasteiger charge is 2.44. The van der Waals surface area contributed by atoms with E-state index in [2.05, 4.69) is 5.16 Å². The van der Waals surface area contributed by atoms with Crippen LogP contribution in [0.15, 0.2) is 61.0 Å². The van der Waals surface area contributed by atoms with E-state index in [1.54, 1.807) is 24.3 Å². The second kappa shape index (κ2) is 11.5. The number of benzene rings is 2. The van der Waals surface area contributed by atoms with Gasteiger partial charge >= 0.3 is 5.76 Å². The molecule has 3 aromatic heterocycles. The third-order valence-electron chi connectivity index (χ3n) is 9.70. The van der Waals surface area contributed by atoms with Crippen LogP contribution in [0.1, 0.15) is 71.0 Å². The number of aromatic nitrogens is 3. The predicted octanol–water partition coefficient (Wildman–Crippen LogP) is 5.31. The molecule has 1 atom stereocenters. The molecule has 3 aliphatic heterocycles. The fourth-order valence-corrected chi connectivity index (χ4v) is 7.37. The lowest BCUT2D eigenvalue weighted by atomic mass is 9.87. The van der Waals surface area contributed by atoms with Crippen LogP contribution in [-0.2, 0) is 17.7 Å². The highest BCUT2D eigenvalue weighted by atomic mass is 19.1. The zero-order chi connectivity index (χ0) is 32.2. The summed E-state index contributed by atoms with van der Waals surface area (Å²) in [5.41, 5.74) is 4.48. The number of rotatable bonds is 7. The molecule has 0 saturated carbocycles. The van der Waals surface area contributed by atoms with Gasteiger partial charge in [0, 0.05) is 25.3 Å². The molecule has 12 heteroatoms. The van der Waals surface area contributed by atoms with Gasteiger partial charge in [0.1, 0.15) is 11.9 Å². The number of carbonyl (C=O) groups is 1. The Hall–Kier alpha value is -5.28. The fraction of sp³-hybridized carbons (Fsp3) is 0.343. The van der Waals surface area contributed by atoms with E-state index in [9.17, 15) is 18.8 Å². The van der Waals surface area contributed by atoms with E-state index in [1.807, 2.05) is 11.0 Å². The number of pyridine rings is 1. The van der Waals surface area contributed by atoms with Crippen molar-refractivity contribution in [1.29, 1.82) is 5.26 Å². The summed E-state index contributed by atoms with van der Waals surface area (Å²) in [5, 5.41) is 11.5. The van der Waals surface area contributed by atoms with E-state index in [-0.39, 0.29) is 35.4 Å². The summed E-state index contributed by atoms with van der Waals surface area (Å²) in [6, 6.07) is 12.5. The Morgan fingerprint density at radius 3 is 2.64 bits per heavy atom. The number of hydrogen-bond acceptors (Lipinski definition) is 8. The number of nitriles is 1. The lowest BCUT2D eigenvalue weighted by Gasteiger charge is -2.23. The van der Waals surface area contributed by atoms with Gasteiger partial charge in [-0.2, -0.15) is 10.4 Å². The van der Waals surface area contributed by atoms with Crippen molar-refractivity contribution in [3.63, 3.8) is 0 Å². The van der Waals surface area contributed by atoms with Gasteiger partial charge in [-0.05, 0) is 79.8 Å². The Bertz CT molecular complexity index is 2220. The minimum Gasteiger partial charge on any atom is -0.408 e. The van der Waals surface area contributed by atoms with Crippen molar-refractivity contribution in [3.8, 4) is 28.5 Å². The smallest absolute Gasteiger partial charge is 0.408 e. The largest absolute Gasteiger partial charge is 0.420 e. The van der Waals surface area contributed by atoms with Crippen molar-refractivity contribution < 1.29 is 22.9 Å². The number of nitrogens with one attached hydrogen (secondary N) is 1. The first-order valence-electron chi connectivity index (χ1n) is 15.9. The molecule has 0 radical (unpaired) electrons. The summed E-state index contributed by atoms with van der Waals surface area (Å²) in [7, 11) is 0. The van der Waals surface area contributed by atoms with Crippen molar-refractivity contribution in [2.24, 2.45) is 5.92 Å². The van der Waals surface area contributed by atoms with Crippen LogP contribution in [0, 0.1) is 23.1 Å². The van der Waals surface area contributed by atoms with Crippen molar-refractivity contribution in [1.82, 2.24) is 19.6 Å². The van der Waals surface area contributed by atoms with Gasteiger partial charge in [0.25, 0.3) is 11.5 Å². The highest BCUT2D eigenvalue weighted by molar-refractivity contribution is 6.08. The molecular formula is C35H30FN5O6. The van der Waals surface area contributed by atoms with Crippen LogP contribution in [-0.4, -0.2) is 45.3 Å². The van der Waals surface area contributed by atoms with Gasteiger partial charge in [0.2, 0.25) is 0 Å². The van der Waals surface area contributed by atoms with Gasteiger partial charge < -0.3 is 18.6 Å². The number of H-pyrrole nitrogens is 1. The number of amides is 1. The van der Waals surface area contributed by atoms with E-state index in [4.69, 9.17) is 23.9 Å². The molecule has 3 aliphatic rings. The third-order valence-corrected chi connectivity index (χ3v) is 9.70. The maximum Gasteiger partial charge on any atom is 0.420 e. The second-order valence-corrected chi connectivity index (χ2v) is 12.5. The number of halogens is 1. The molecular weight excluding hydrogens is 605 g/mol. The van der Waals surface area contributed by atoms with Crippen LogP contribution in [0.5, 0.6) is 0 Å². The molecule has 2 fully saturated rings. The number of carbonyl (C=O) groups excluding carboxylic acids is 1. The number of hydrogen-bond donors (Lipinski definition) is 1. The molecule has 11 nitrogen and oxygen atoms in total. The average molecular weight is 636 g/mol. The average Bonchev–Trinajstić information content (AvgIpc) is 3.86. The van der Waals surface area contributed by atoms with Crippen molar-refractivity contribution in [2.45, 2.75) is 51.1 Å². The molecule has 2 saturated heterocycles. The minimum atomic E-state index is -0.665. The Morgan fingerprint density at radius 1 is 1.02 bits per heavy atom. The van der Waals surface area contributed by atoms with E-state index >= 15 is 0 Å². The van der Waals surface area contributed by atoms with Crippen LogP contribution in [0.2, 0.25) is 0 Å². The van der Waals surface area contributed by atoms with Crippen molar-refractivity contribution in [3.05, 3.63) is 97.3 Å². The predicted molar refractivity (Wildman–Crippen MR) is 167 cm³/mol. The quantitative estimate of drug-likeness (QED) is 0.253. The first kappa shape index (κ1) is 29.1. The topological polar surface area (TPSA) is 147 Å². The number of oxazole rings is 1. The lowest BCUT2D eigenvalue weighted by molar-refractivity contribution is 0.0639. The summed E-state index contributed by atoms with van der Waals surface area (Å²) in [4.78, 5) is 46.5. The molecule has 238 valence electrons.